The van der Waals surface area contributed by atoms with Gasteiger partial charge in [0.15, 0.2) is 12.4 Å². The summed E-state index contributed by atoms with van der Waals surface area (Å²) in [4.78, 5) is 24.4. The minimum absolute atomic E-state index is 0.0265. The number of ether oxygens (including phenoxy) is 2. The van der Waals surface area contributed by atoms with Crippen molar-refractivity contribution in [2.24, 2.45) is 0 Å². The lowest BCUT2D eigenvalue weighted by atomic mass is 10.2. The molecule has 0 radical (unpaired) electrons. The molecule has 0 aliphatic carbocycles. The molecule has 7 heteroatoms. The third kappa shape index (κ3) is 3.94. The number of rotatable bonds is 4. The Labute approximate surface area is 129 Å². The van der Waals surface area contributed by atoms with Crippen LogP contribution in [0.5, 0.6) is 5.75 Å². The number of nitrogens with zero attached hydrogens (tertiary/aromatic N) is 2. The van der Waals surface area contributed by atoms with Crippen LogP contribution in [-0.4, -0.2) is 47.6 Å². The minimum Gasteiger partial charge on any atom is -0.477 e. The van der Waals surface area contributed by atoms with Crippen molar-refractivity contribution in [2.75, 3.05) is 19.7 Å². The Bertz CT molecular complexity index is 565. The van der Waals surface area contributed by atoms with Crippen molar-refractivity contribution in [3.05, 3.63) is 33.9 Å². The number of hydrogen-bond acceptors (Lipinski definition) is 5. The summed E-state index contributed by atoms with van der Waals surface area (Å²) < 4.78 is 10.9. The number of carbonyl (C=O) groups excluding carboxylic acids is 1. The molecular formula is C15H20N2O5. The zero-order valence-electron chi connectivity index (χ0n) is 12.9. The van der Waals surface area contributed by atoms with Gasteiger partial charge in [0, 0.05) is 19.2 Å². The average Bonchev–Trinajstić information content (AvgIpc) is 2.44. The maximum Gasteiger partial charge on any atom is 0.311 e. The van der Waals surface area contributed by atoms with E-state index < -0.39 is 4.92 Å². The molecule has 22 heavy (non-hydrogen) atoms. The van der Waals surface area contributed by atoms with Gasteiger partial charge in [-0.1, -0.05) is 6.07 Å². The van der Waals surface area contributed by atoms with Crippen LogP contribution < -0.4 is 4.74 Å². The highest BCUT2D eigenvalue weighted by molar-refractivity contribution is 5.78. The van der Waals surface area contributed by atoms with Gasteiger partial charge in [-0.3, -0.25) is 14.9 Å². The van der Waals surface area contributed by atoms with Crippen molar-refractivity contribution in [1.82, 2.24) is 4.90 Å². The quantitative estimate of drug-likeness (QED) is 0.627. The second-order valence-corrected chi connectivity index (χ2v) is 5.57. The molecule has 120 valence electrons. The summed E-state index contributed by atoms with van der Waals surface area (Å²) in [7, 11) is 0. The van der Waals surface area contributed by atoms with Gasteiger partial charge >= 0.3 is 5.69 Å². The fourth-order valence-electron chi connectivity index (χ4n) is 2.50. The van der Waals surface area contributed by atoms with Crippen LogP contribution in [0.3, 0.4) is 0 Å². The van der Waals surface area contributed by atoms with Crippen molar-refractivity contribution in [1.29, 1.82) is 0 Å². The van der Waals surface area contributed by atoms with E-state index in [1.165, 1.54) is 12.1 Å². The van der Waals surface area contributed by atoms with Crippen LogP contribution in [0.1, 0.15) is 19.4 Å². The third-order valence-corrected chi connectivity index (χ3v) is 3.43. The molecule has 0 bridgehead atoms. The number of benzene rings is 1. The summed E-state index contributed by atoms with van der Waals surface area (Å²) in [6.45, 7) is 6.36. The van der Waals surface area contributed by atoms with Gasteiger partial charge in [0.05, 0.1) is 17.1 Å². The summed E-state index contributed by atoms with van der Waals surface area (Å²) in [5.74, 6) is -0.0878. The van der Waals surface area contributed by atoms with Crippen molar-refractivity contribution in [3.8, 4) is 5.75 Å². The van der Waals surface area contributed by atoms with Crippen LogP contribution in [0, 0.1) is 17.0 Å². The largest absolute Gasteiger partial charge is 0.477 e. The summed E-state index contributed by atoms with van der Waals surface area (Å²) in [5.41, 5.74) is 0.637. The standard InChI is InChI=1S/C15H20N2O5/c1-10-4-5-14(13(6-10)17(19)20)21-9-15(18)16-7-11(2)22-12(3)8-16/h4-6,11-12H,7-9H2,1-3H3/t11-,12-/m1/s1. The molecular weight excluding hydrogens is 288 g/mol. The fraction of sp³-hybridized carbons (Fsp3) is 0.533. The van der Waals surface area contributed by atoms with Crippen LogP contribution in [0.15, 0.2) is 18.2 Å². The van der Waals surface area contributed by atoms with Crippen LogP contribution in [0.4, 0.5) is 5.69 Å². The van der Waals surface area contributed by atoms with E-state index in [9.17, 15) is 14.9 Å². The number of amides is 1. The van der Waals surface area contributed by atoms with Gasteiger partial charge in [-0.15, -0.1) is 0 Å². The lowest BCUT2D eigenvalue weighted by Crippen LogP contribution is -2.49. The Morgan fingerprint density at radius 3 is 2.64 bits per heavy atom. The van der Waals surface area contributed by atoms with Crippen molar-refractivity contribution < 1.29 is 19.2 Å². The Morgan fingerprint density at radius 2 is 2.05 bits per heavy atom. The minimum atomic E-state index is -0.508. The number of nitro benzene ring substituents is 1. The third-order valence-electron chi connectivity index (χ3n) is 3.43. The highest BCUT2D eigenvalue weighted by Crippen LogP contribution is 2.27. The number of nitro groups is 1. The SMILES string of the molecule is Cc1ccc(OCC(=O)N2C[C@@H](C)O[C@H](C)C2)c([N+](=O)[O-])c1. The lowest BCUT2D eigenvalue weighted by Gasteiger charge is -2.35. The van der Waals surface area contributed by atoms with Crippen LogP contribution >= 0.6 is 0 Å². The highest BCUT2D eigenvalue weighted by atomic mass is 16.6. The van der Waals surface area contributed by atoms with Gasteiger partial charge in [-0.25, -0.2) is 0 Å². The van der Waals surface area contributed by atoms with Gasteiger partial charge in [0.25, 0.3) is 5.91 Å². The number of aryl methyl sites for hydroxylation is 1. The van der Waals surface area contributed by atoms with Crippen molar-refractivity contribution in [2.45, 2.75) is 33.0 Å². The molecule has 1 heterocycles. The molecule has 0 saturated carbocycles. The van der Waals surface area contributed by atoms with Gasteiger partial charge in [-0.2, -0.15) is 0 Å². The number of morpholine rings is 1. The first-order valence-electron chi connectivity index (χ1n) is 7.18. The average molecular weight is 308 g/mol. The zero-order chi connectivity index (χ0) is 16.3. The molecule has 2 atom stereocenters. The fourth-order valence-corrected chi connectivity index (χ4v) is 2.50. The van der Waals surface area contributed by atoms with E-state index >= 15 is 0 Å². The molecule has 0 spiro atoms. The van der Waals surface area contributed by atoms with E-state index in [0.29, 0.717) is 13.1 Å². The van der Waals surface area contributed by atoms with E-state index in [2.05, 4.69) is 0 Å². The Kier molecular flexibility index (Phi) is 4.97. The Hall–Kier alpha value is -2.15. The molecule has 2 rings (SSSR count). The van der Waals surface area contributed by atoms with Crippen LogP contribution in [0.2, 0.25) is 0 Å². The second kappa shape index (κ2) is 6.74. The number of hydrogen-bond donors (Lipinski definition) is 0. The molecule has 7 nitrogen and oxygen atoms in total. The molecule has 0 unspecified atom stereocenters. The van der Waals surface area contributed by atoms with E-state index in [0.717, 1.165) is 5.56 Å². The van der Waals surface area contributed by atoms with Gasteiger partial charge in [-0.05, 0) is 32.4 Å². The molecule has 0 N–H and O–H groups in total. The maximum atomic E-state index is 12.2. The highest BCUT2D eigenvalue weighted by Gasteiger charge is 2.26. The van der Waals surface area contributed by atoms with E-state index in [1.54, 1.807) is 17.9 Å². The summed E-state index contributed by atoms with van der Waals surface area (Å²) in [6, 6.07) is 4.66. The van der Waals surface area contributed by atoms with E-state index in [4.69, 9.17) is 9.47 Å². The van der Waals surface area contributed by atoms with E-state index in [1.807, 2.05) is 13.8 Å². The van der Waals surface area contributed by atoms with Crippen molar-refractivity contribution in [3.63, 3.8) is 0 Å². The van der Waals surface area contributed by atoms with Gasteiger partial charge in [0.2, 0.25) is 0 Å². The van der Waals surface area contributed by atoms with Crippen LogP contribution in [-0.2, 0) is 9.53 Å². The molecule has 1 aromatic rings. The topological polar surface area (TPSA) is 81.9 Å². The molecule has 1 aliphatic rings. The van der Waals surface area contributed by atoms with Crippen molar-refractivity contribution >= 4 is 11.6 Å². The molecule has 1 amide bonds. The first kappa shape index (κ1) is 16.2. The van der Waals surface area contributed by atoms with E-state index in [-0.39, 0.29) is 36.2 Å². The molecule has 1 aliphatic heterocycles. The molecule has 1 aromatic carbocycles. The molecule has 1 fully saturated rings. The first-order chi connectivity index (χ1) is 10.4. The normalized spacial score (nSPS) is 21.5. The number of carbonyl (C=O) groups is 1. The summed E-state index contributed by atoms with van der Waals surface area (Å²) in [5, 5.41) is 11.0. The first-order valence-corrected chi connectivity index (χ1v) is 7.18. The molecule has 0 aromatic heterocycles. The smallest absolute Gasteiger partial charge is 0.311 e. The van der Waals surface area contributed by atoms with Gasteiger partial charge in [0.1, 0.15) is 0 Å². The maximum absolute atomic E-state index is 12.2. The predicted octanol–water partition coefficient (Wildman–Crippen LogP) is 1.92. The molecule has 1 saturated heterocycles. The van der Waals surface area contributed by atoms with Crippen LogP contribution in [0.25, 0.3) is 0 Å². The Morgan fingerprint density at radius 1 is 1.41 bits per heavy atom. The zero-order valence-corrected chi connectivity index (χ0v) is 12.9. The summed E-state index contributed by atoms with van der Waals surface area (Å²) in [6.07, 6.45) is -0.0529. The summed E-state index contributed by atoms with van der Waals surface area (Å²) >= 11 is 0. The monoisotopic (exact) mass is 308 g/mol. The second-order valence-electron chi connectivity index (χ2n) is 5.57. The lowest BCUT2D eigenvalue weighted by molar-refractivity contribution is -0.385. The Balaban J connectivity index is 2.01. The van der Waals surface area contributed by atoms with Gasteiger partial charge < -0.3 is 14.4 Å². The predicted molar refractivity (Wildman–Crippen MR) is 79.9 cm³/mol.